The number of hydrogen-bond donors (Lipinski definition) is 2. The Balaban J connectivity index is 1.84. The summed E-state index contributed by atoms with van der Waals surface area (Å²) in [5.74, 6) is -0.905. The van der Waals surface area contributed by atoms with Crippen molar-refractivity contribution < 1.29 is 9.90 Å². The normalized spacial score (nSPS) is 10.6. The highest BCUT2D eigenvalue weighted by molar-refractivity contribution is 9.10. The number of hydrogen-bond acceptors (Lipinski definition) is 3. The minimum atomic E-state index is -0.905. The van der Waals surface area contributed by atoms with Crippen LogP contribution in [0.2, 0.25) is 0 Å². The van der Waals surface area contributed by atoms with E-state index in [4.69, 9.17) is 5.11 Å². The number of benzene rings is 1. The number of nitrogens with one attached hydrogen (secondary N) is 1. The minimum absolute atomic E-state index is 0.300. The molecule has 1 aromatic heterocycles. The number of carboxylic acid groups (broad SMARTS) is 1. The molecule has 2 aromatic rings. The van der Waals surface area contributed by atoms with Crippen molar-refractivity contribution in [3.05, 3.63) is 56.2 Å². The van der Waals surface area contributed by atoms with Crippen LogP contribution >= 0.6 is 27.3 Å². The summed E-state index contributed by atoms with van der Waals surface area (Å²) in [4.78, 5) is 12.2. The van der Waals surface area contributed by atoms with Gasteiger partial charge in [0.2, 0.25) is 0 Å². The van der Waals surface area contributed by atoms with Crippen LogP contribution in [0.4, 0.5) is 0 Å². The molecule has 0 saturated carbocycles. The van der Waals surface area contributed by atoms with Crippen LogP contribution in [0.1, 0.15) is 20.8 Å². The Labute approximate surface area is 124 Å². The van der Waals surface area contributed by atoms with Crippen LogP contribution < -0.4 is 5.32 Å². The van der Waals surface area contributed by atoms with E-state index in [0.717, 1.165) is 29.5 Å². The van der Waals surface area contributed by atoms with Gasteiger partial charge in [-0.25, -0.2) is 4.79 Å². The molecule has 0 amide bonds. The Morgan fingerprint density at radius 1 is 1.37 bits per heavy atom. The highest BCUT2D eigenvalue weighted by atomic mass is 79.9. The number of carbonyl (C=O) groups is 1. The maximum atomic E-state index is 10.8. The standard InChI is InChI=1S/C14H14BrNO2S/c15-13-8-10(14(17)18)3-4-11(13)9-16-6-5-12-2-1-7-19-12/h1-4,7-8,16H,5-6,9H2,(H,17,18). The molecule has 2 rings (SSSR count). The van der Waals surface area contributed by atoms with Crippen molar-refractivity contribution in [2.45, 2.75) is 13.0 Å². The van der Waals surface area contributed by atoms with E-state index in [-0.39, 0.29) is 0 Å². The van der Waals surface area contributed by atoms with E-state index < -0.39 is 5.97 Å². The fourth-order valence-corrected chi connectivity index (χ4v) is 2.94. The molecule has 0 bridgehead atoms. The average molecular weight is 340 g/mol. The van der Waals surface area contributed by atoms with Gasteiger partial charge in [-0.05, 0) is 35.6 Å². The molecule has 0 saturated heterocycles. The van der Waals surface area contributed by atoms with Crippen LogP contribution in [0.25, 0.3) is 0 Å². The van der Waals surface area contributed by atoms with E-state index in [1.54, 1.807) is 23.5 Å². The van der Waals surface area contributed by atoms with Gasteiger partial charge in [0, 0.05) is 22.4 Å². The van der Waals surface area contributed by atoms with Crippen LogP contribution in [-0.2, 0) is 13.0 Å². The molecule has 0 atom stereocenters. The average Bonchev–Trinajstić information content (AvgIpc) is 2.89. The van der Waals surface area contributed by atoms with E-state index >= 15 is 0 Å². The Bertz CT molecular complexity index is 555. The highest BCUT2D eigenvalue weighted by Crippen LogP contribution is 2.18. The van der Waals surface area contributed by atoms with Gasteiger partial charge in [0.15, 0.2) is 0 Å². The molecule has 0 aliphatic rings. The van der Waals surface area contributed by atoms with Gasteiger partial charge in [-0.2, -0.15) is 0 Å². The predicted molar refractivity (Wildman–Crippen MR) is 80.8 cm³/mol. The summed E-state index contributed by atoms with van der Waals surface area (Å²) < 4.78 is 0.830. The summed E-state index contributed by atoms with van der Waals surface area (Å²) in [6, 6.07) is 9.29. The van der Waals surface area contributed by atoms with E-state index in [1.165, 1.54) is 4.88 Å². The first-order chi connectivity index (χ1) is 9.16. The molecule has 0 spiro atoms. The van der Waals surface area contributed by atoms with Crippen molar-refractivity contribution in [1.29, 1.82) is 0 Å². The predicted octanol–water partition coefficient (Wildman–Crippen LogP) is 3.54. The lowest BCUT2D eigenvalue weighted by Crippen LogP contribution is -2.16. The van der Waals surface area contributed by atoms with Crippen LogP contribution in [0.3, 0.4) is 0 Å². The molecular formula is C14H14BrNO2S. The summed E-state index contributed by atoms with van der Waals surface area (Å²) in [6.07, 6.45) is 1.02. The third kappa shape index (κ3) is 4.16. The molecule has 19 heavy (non-hydrogen) atoms. The monoisotopic (exact) mass is 339 g/mol. The molecule has 0 aliphatic heterocycles. The van der Waals surface area contributed by atoms with Crippen LogP contribution in [0.15, 0.2) is 40.2 Å². The van der Waals surface area contributed by atoms with Gasteiger partial charge >= 0.3 is 5.97 Å². The minimum Gasteiger partial charge on any atom is -0.478 e. The molecule has 0 radical (unpaired) electrons. The van der Waals surface area contributed by atoms with Gasteiger partial charge in [-0.15, -0.1) is 11.3 Å². The second-order valence-corrected chi connectivity index (χ2v) is 6.00. The van der Waals surface area contributed by atoms with Gasteiger partial charge in [0.1, 0.15) is 0 Å². The molecule has 3 nitrogen and oxygen atoms in total. The molecule has 5 heteroatoms. The zero-order valence-corrected chi connectivity index (χ0v) is 12.6. The van der Waals surface area contributed by atoms with Crippen molar-refractivity contribution >= 4 is 33.2 Å². The fourth-order valence-electron chi connectivity index (χ4n) is 1.71. The van der Waals surface area contributed by atoms with E-state index in [1.807, 2.05) is 6.07 Å². The summed E-state index contributed by atoms with van der Waals surface area (Å²) in [6.45, 7) is 1.64. The summed E-state index contributed by atoms with van der Waals surface area (Å²) in [5.41, 5.74) is 1.37. The molecule has 1 aromatic carbocycles. The SMILES string of the molecule is O=C(O)c1ccc(CNCCc2cccs2)c(Br)c1. The lowest BCUT2D eigenvalue weighted by Gasteiger charge is -2.07. The largest absolute Gasteiger partial charge is 0.478 e. The van der Waals surface area contributed by atoms with Gasteiger partial charge in [-0.1, -0.05) is 28.1 Å². The van der Waals surface area contributed by atoms with Gasteiger partial charge < -0.3 is 10.4 Å². The Morgan fingerprint density at radius 3 is 2.84 bits per heavy atom. The Hall–Kier alpha value is -1.17. The molecule has 2 N–H and O–H groups in total. The molecule has 1 heterocycles. The number of aromatic carboxylic acids is 1. The van der Waals surface area contributed by atoms with Gasteiger partial charge in [0.05, 0.1) is 5.56 Å². The first-order valence-electron chi connectivity index (χ1n) is 5.91. The van der Waals surface area contributed by atoms with E-state index in [2.05, 4.69) is 38.8 Å². The lowest BCUT2D eigenvalue weighted by atomic mass is 10.1. The lowest BCUT2D eigenvalue weighted by molar-refractivity contribution is 0.0697. The van der Waals surface area contributed by atoms with Crippen molar-refractivity contribution in [2.24, 2.45) is 0 Å². The second kappa shape index (κ2) is 6.84. The second-order valence-electron chi connectivity index (χ2n) is 4.12. The first kappa shape index (κ1) is 14.2. The number of rotatable bonds is 6. The zero-order valence-electron chi connectivity index (χ0n) is 10.2. The highest BCUT2D eigenvalue weighted by Gasteiger charge is 2.06. The summed E-state index contributed by atoms with van der Waals surface area (Å²) in [7, 11) is 0. The molecule has 0 fully saturated rings. The first-order valence-corrected chi connectivity index (χ1v) is 7.59. The van der Waals surface area contributed by atoms with Crippen LogP contribution in [-0.4, -0.2) is 17.6 Å². The van der Waals surface area contributed by atoms with Gasteiger partial charge in [-0.3, -0.25) is 0 Å². The molecule has 0 aliphatic carbocycles. The molecular weight excluding hydrogens is 326 g/mol. The zero-order chi connectivity index (χ0) is 13.7. The third-order valence-electron chi connectivity index (χ3n) is 2.74. The Morgan fingerprint density at radius 2 is 2.21 bits per heavy atom. The third-order valence-corrected chi connectivity index (χ3v) is 4.42. The van der Waals surface area contributed by atoms with Crippen LogP contribution in [0.5, 0.6) is 0 Å². The quantitative estimate of drug-likeness (QED) is 0.791. The topological polar surface area (TPSA) is 49.3 Å². The van der Waals surface area contributed by atoms with Crippen molar-refractivity contribution in [3.8, 4) is 0 Å². The number of thiophene rings is 1. The van der Waals surface area contributed by atoms with Crippen molar-refractivity contribution in [3.63, 3.8) is 0 Å². The maximum absolute atomic E-state index is 10.8. The molecule has 100 valence electrons. The van der Waals surface area contributed by atoms with E-state index in [0.29, 0.717) is 5.56 Å². The summed E-state index contributed by atoms with van der Waals surface area (Å²) >= 11 is 5.17. The Kier molecular flexibility index (Phi) is 5.13. The molecule has 0 unspecified atom stereocenters. The number of carboxylic acids is 1. The number of halogens is 1. The van der Waals surface area contributed by atoms with E-state index in [9.17, 15) is 4.79 Å². The van der Waals surface area contributed by atoms with Crippen molar-refractivity contribution in [1.82, 2.24) is 5.32 Å². The van der Waals surface area contributed by atoms with Gasteiger partial charge in [0.25, 0.3) is 0 Å². The smallest absolute Gasteiger partial charge is 0.335 e. The maximum Gasteiger partial charge on any atom is 0.335 e. The van der Waals surface area contributed by atoms with Crippen LogP contribution in [0, 0.1) is 0 Å². The van der Waals surface area contributed by atoms with Crippen molar-refractivity contribution in [2.75, 3.05) is 6.54 Å². The summed E-state index contributed by atoms with van der Waals surface area (Å²) in [5, 5.41) is 14.3. The fraction of sp³-hybridized carbons (Fsp3) is 0.214.